The Morgan fingerprint density at radius 2 is 1.85 bits per heavy atom. The molecule has 11 heteroatoms. The molecule has 1 amide bonds. The molecule has 2 aromatic rings. The number of ether oxygens (including phenoxy) is 1. The van der Waals surface area contributed by atoms with Crippen molar-refractivity contribution in [1.29, 1.82) is 0 Å². The summed E-state index contributed by atoms with van der Waals surface area (Å²) in [6.45, 7) is 21.5. The summed E-state index contributed by atoms with van der Waals surface area (Å²) < 4.78 is 21.9. The first kappa shape index (κ1) is 30.5. The molecule has 1 saturated heterocycles. The fraction of sp³-hybridized carbons (Fsp3) is 0.607. The van der Waals surface area contributed by atoms with Gasteiger partial charge in [-0.3, -0.25) is 14.5 Å². The van der Waals surface area contributed by atoms with Gasteiger partial charge in [-0.1, -0.05) is 37.1 Å². The van der Waals surface area contributed by atoms with Gasteiger partial charge in [0, 0.05) is 13.1 Å². The van der Waals surface area contributed by atoms with Crippen LogP contribution in [-0.2, 0) is 4.74 Å². The lowest BCUT2D eigenvalue weighted by atomic mass is 9.91. The van der Waals surface area contributed by atoms with Crippen LogP contribution in [0.3, 0.4) is 0 Å². The molecule has 3 rings (SSSR count). The Labute approximate surface area is 234 Å². The quantitative estimate of drug-likeness (QED) is 0.256. The Bertz CT molecular complexity index is 1320. The van der Waals surface area contributed by atoms with Gasteiger partial charge < -0.3 is 9.64 Å². The van der Waals surface area contributed by atoms with Crippen molar-refractivity contribution in [1.82, 2.24) is 19.4 Å². The second kappa shape index (κ2) is 11.6. The average molecular weight is 563 g/mol. The molecule has 0 saturated carbocycles. The number of allylic oxidation sites excluding steroid dienone is 1. The van der Waals surface area contributed by atoms with E-state index in [0.29, 0.717) is 24.3 Å². The number of pyridine rings is 1. The summed E-state index contributed by atoms with van der Waals surface area (Å²) >= 11 is 6.15. The summed E-state index contributed by atoms with van der Waals surface area (Å²) in [6, 6.07) is -0.160. The first-order valence-electron chi connectivity index (χ1n) is 13.2. The molecule has 0 spiro atoms. The molecule has 0 aromatic carbocycles. The number of anilines is 1. The first-order chi connectivity index (χ1) is 18.1. The van der Waals surface area contributed by atoms with Crippen LogP contribution in [0.4, 0.5) is 15.0 Å². The van der Waals surface area contributed by atoms with Crippen molar-refractivity contribution in [3.8, 4) is 0 Å². The van der Waals surface area contributed by atoms with E-state index in [-0.39, 0.29) is 34.8 Å². The van der Waals surface area contributed by atoms with Crippen LogP contribution < -0.4 is 10.6 Å². The lowest BCUT2D eigenvalue weighted by Gasteiger charge is -2.45. The topological polar surface area (TPSA) is 92.9 Å². The number of nitrogens with zero attached hydrogens (tertiary/aromatic N) is 6. The zero-order valence-electron chi connectivity index (χ0n) is 24.3. The summed E-state index contributed by atoms with van der Waals surface area (Å²) in [4.78, 5) is 43.4. The number of halogens is 2. The third-order valence-electron chi connectivity index (χ3n) is 7.03. The Morgan fingerprint density at radius 3 is 2.33 bits per heavy atom. The molecule has 1 aliphatic heterocycles. The van der Waals surface area contributed by atoms with Crippen molar-refractivity contribution in [3.63, 3.8) is 0 Å². The molecular formula is C28H40ClFN6O3. The zero-order chi connectivity index (χ0) is 29.4. The number of amides is 1. The highest BCUT2D eigenvalue weighted by Gasteiger charge is 2.38. The summed E-state index contributed by atoms with van der Waals surface area (Å²) in [7, 11) is 0. The van der Waals surface area contributed by atoms with Crippen molar-refractivity contribution < 1.29 is 13.9 Å². The molecule has 4 atom stereocenters. The smallest absolute Gasteiger partial charge is 0.410 e. The number of hydrogen-bond donors (Lipinski definition) is 0. The van der Waals surface area contributed by atoms with E-state index >= 15 is 0 Å². The molecule has 1 aliphatic rings. The molecule has 2 aromatic heterocycles. The van der Waals surface area contributed by atoms with E-state index in [1.807, 2.05) is 73.3 Å². The normalized spacial score (nSPS) is 20.4. The van der Waals surface area contributed by atoms with Crippen molar-refractivity contribution in [2.75, 3.05) is 18.0 Å². The van der Waals surface area contributed by atoms with E-state index in [4.69, 9.17) is 16.3 Å². The number of carbonyl (C=O) groups excluding carboxylic acids is 1. The molecule has 0 aliphatic carbocycles. The standard InChI is InChI=1S/C28H40ClFN6O3/c1-11-16(4)22(21(31-10)15(2)3)36-25-19(12-20(30)23(29)32-25)24(33-26(36)37)34-13-17(5)35(18(6)14-34)27(38)39-28(7,8)9/h11-12,15,17-18,21-22H,10,13-14H2,1-9H3/b16-11-/t17-,18+,21-,22?/m0/s1. The van der Waals surface area contributed by atoms with Gasteiger partial charge in [0.05, 0.1) is 29.6 Å². The first-order valence-corrected chi connectivity index (χ1v) is 13.6. The van der Waals surface area contributed by atoms with Crippen LogP contribution in [0.25, 0.3) is 11.0 Å². The highest BCUT2D eigenvalue weighted by molar-refractivity contribution is 6.30. The summed E-state index contributed by atoms with van der Waals surface area (Å²) in [5.74, 6) is -0.378. The highest BCUT2D eigenvalue weighted by atomic mass is 35.5. The summed E-state index contributed by atoms with van der Waals surface area (Å²) in [5, 5.41) is 0.0101. The number of rotatable bonds is 6. The van der Waals surface area contributed by atoms with E-state index in [2.05, 4.69) is 21.7 Å². The van der Waals surface area contributed by atoms with Gasteiger partial charge in [-0.25, -0.2) is 19.0 Å². The number of hydrogen-bond acceptors (Lipinski definition) is 7. The van der Waals surface area contributed by atoms with Crippen LogP contribution in [0.5, 0.6) is 0 Å². The van der Waals surface area contributed by atoms with E-state index in [9.17, 15) is 14.0 Å². The molecule has 39 heavy (non-hydrogen) atoms. The van der Waals surface area contributed by atoms with E-state index in [1.54, 1.807) is 4.90 Å². The second-order valence-electron chi connectivity index (χ2n) is 11.6. The van der Waals surface area contributed by atoms with E-state index in [0.717, 1.165) is 5.57 Å². The minimum absolute atomic E-state index is 0.0441. The molecule has 214 valence electrons. The Hall–Kier alpha value is -3.01. The molecule has 0 bridgehead atoms. The molecule has 0 N–H and O–H groups in total. The van der Waals surface area contributed by atoms with Crippen LogP contribution in [0, 0.1) is 11.7 Å². The lowest BCUT2D eigenvalue weighted by Crippen LogP contribution is -2.60. The predicted octanol–water partition coefficient (Wildman–Crippen LogP) is 5.65. The number of piperazine rings is 1. The van der Waals surface area contributed by atoms with Crippen LogP contribution >= 0.6 is 11.6 Å². The molecule has 1 fully saturated rings. The van der Waals surface area contributed by atoms with Gasteiger partial charge in [0.1, 0.15) is 17.1 Å². The number of aromatic nitrogens is 3. The predicted molar refractivity (Wildman–Crippen MR) is 155 cm³/mol. The third kappa shape index (κ3) is 6.26. The maximum atomic E-state index is 14.8. The third-order valence-corrected chi connectivity index (χ3v) is 7.30. The van der Waals surface area contributed by atoms with Crippen molar-refractivity contribution in [2.45, 2.75) is 92.1 Å². The zero-order valence-corrected chi connectivity index (χ0v) is 25.1. The number of carbonyl (C=O) groups is 1. The van der Waals surface area contributed by atoms with Gasteiger partial charge in [0.25, 0.3) is 0 Å². The van der Waals surface area contributed by atoms with Crippen molar-refractivity contribution >= 4 is 41.3 Å². The van der Waals surface area contributed by atoms with Crippen LogP contribution in [0.2, 0.25) is 5.15 Å². The van der Waals surface area contributed by atoms with Gasteiger partial charge in [-0.2, -0.15) is 4.98 Å². The minimum Gasteiger partial charge on any atom is -0.444 e. The van der Waals surface area contributed by atoms with Gasteiger partial charge in [0.2, 0.25) is 0 Å². The molecule has 3 heterocycles. The molecule has 9 nitrogen and oxygen atoms in total. The maximum Gasteiger partial charge on any atom is 0.410 e. The average Bonchev–Trinajstić information content (AvgIpc) is 2.81. The molecule has 0 radical (unpaired) electrons. The van der Waals surface area contributed by atoms with Crippen LogP contribution in [0.15, 0.2) is 27.5 Å². The van der Waals surface area contributed by atoms with Crippen LogP contribution in [-0.4, -0.2) is 69.1 Å². The van der Waals surface area contributed by atoms with E-state index in [1.165, 1.54) is 10.6 Å². The number of fused-ring (bicyclic) bond motifs is 1. The lowest BCUT2D eigenvalue weighted by molar-refractivity contribution is 0.00562. The van der Waals surface area contributed by atoms with Crippen LogP contribution in [0.1, 0.15) is 68.4 Å². The van der Waals surface area contributed by atoms with Gasteiger partial charge in [-0.05, 0) is 67.2 Å². The van der Waals surface area contributed by atoms with Gasteiger partial charge in [0.15, 0.2) is 11.0 Å². The minimum atomic E-state index is -0.715. The molecular weight excluding hydrogens is 523 g/mol. The van der Waals surface area contributed by atoms with Gasteiger partial charge >= 0.3 is 11.8 Å². The fourth-order valence-corrected chi connectivity index (χ4v) is 5.37. The molecule has 1 unspecified atom stereocenters. The van der Waals surface area contributed by atoms with Gasteiger partial charge in [-0.15, -0.1) is 0 Å². The highest BCUT2D eigenvalue weighted by Crippen LogP contribution is 2.34. The monoisotopic (exact) mass is 562 g/mol. The number of aliphatic imine (C=N–C) groups is 1. The summed E-state index contributed by atoms with van der Waals surface area (Å²) in [6.07, 6.45) is 1.50. The fourth-order valence-electron chi connectivity index (χ4n) is 5.23. The Balaban J connectivity index is 2.19. The second-order valence-corrected chi connectivity index (χ2v) is 12.0. The largest absolute Gasteiger partial charge is 0.444 e. The summed E-state index contributed by atoms with van der Waals surface area (Å²) in [5.41, 5.74) is -0.0990. The Morgan fingerprint density at radius 1 is 1.26 bits per heavy atom. The Kier molecular flexibility index (Phi) is 9.09. The van der Waals surface area contributed by atoms with Crippen molar-refractivity contribution in [3.05, 3.63) is 39.2 Å². The maximum absolute atomic E-state index is 14.8. The SMILES string of the molecule is C=N[C@@H](C(C)C)C(/C(C)=C\C)n1c(=O)nc(N2C[C@@H](C)N(C(=O)OC(C)(C)C)[C@@H](C)C2)c2cc(F)c(Cl)nc21. The van der Waals surface area contributed by atoms with Crippen molar-refractivity contribution in [2.24, 2.45) is 10.9 Å². The van der Waals surface area contributed by atoms with E-state index < -0.39 is 29.2 Å².